The van der Waals surface area contributed by atoms with Gasteiger partial charge in [-0.05, 0) is 64.8 Å². The van der Waals surface area contributed by atoms with Crippen LogP contribution in [0.2, 0.25) is 0 Å². The van der Waals surface area contributed by atoms with Crippen molar-refractivity contribution in [3.63, 3.8) is 0 Å². The van der Waals surface area contributed by atoms with Gasteiger partial charge in [-0.2, -0.15) is 0 Å². The van der Waals surface area contributed by atoms with E-state index in [0.717, 1.165) is 42.6 Å². The first-order valence-corrected chi connectivity index (χ1v) is 12.3. The summed E-state index contributed by atoms with van der Waals surface area (Å²) in [6.45, 7) is 14.8. The fourth-order valence-corrected chi connectivity index (χ4v) is 5.10. The molecule has 0 atom stereocenters. The Hall–Kier alpha value is -2.54. The van der Waals surface area contributed by atoms with Gasteiger partial charge in [0, 0.05) is 69.2 Å². The van der Waals surface area contributed by atoms with Gasteiger partial charge in [-0.25, -0.2) is 0 Å². The van der Waals surface area contributed by atoms with Crippen LogP contribution in [0.15, 0.2) is 24.3 Å². The molecule has 0 radical (unpaired) electrons. The Kier molecular flexibility index (Phi) is 6.98. The minimum absolute atomic E-state index is 0.0339. The molecule has 2 saturated heterocycles. The summed E-state index contributed by atoms with van der Waals surface area (Å²) in [5, 5.41) is 1.03. The zero-order chi connectivity index (χ0) is 23.7. The van der Waals surface area contributed by atoms with E-state index < -0.39 is 0 Å². The lowest BCUT2D eigenvalue weighted by atomic mass is 10.1. The van der Waals surface area contributed by atoms with Gasteiger partial charge in [-0.15, -0.1) is 0 Å². The topological polar surface area (TPSA) is 58.0 Å². The highest BCUT2D eigenvalue weighted by Gasteiger charge is 2.27. The van der Waals surface area contributed by atoms with Crippen LogP contribution in [0.5, 0.6) is 5.75 Å². The number of amides is 2. The molecule has 7 nitrogen and oxygen atoms in total. The molecule has 0 spiro atoms. The number of piperidine rings is 1. The molecule has 1 aromatic heterocycles. The van der Waals surface area contributed by atoms with Crippen LogP contribution >= 0.6 is 0 Å². The van der Waals surface area contributed by atoms with Crippen LogP contribution in [-0.4, -0.2) is 82.5 Å². The van der Waals surface area contributed by atoms with Gasteiger partial charge >= 0.3 is 0 Å². The molecule has 2 aromatic rings. The molecule has 180 valence electrons. The molecule has 2 aliphatic heterocycles. The number of hydrogen-bond donors (Lipinski definition) is 0. The first kappa shape index (κ1) is 23.6. The SMILES string of the molecule is CC(=O)N1CCN(C(=O)c2cc3cc(OC4CCN(C(C)C)CC4)ccc3n2C(C)C)CC1. The molecule has 0 bridgehead atoms. The number of carbonyl (C=O) groups is 2. The molecule has 0 unspecified atom stereocenters. The fraction of sp³-hybridized carbons (Fsp3) is 0.615. The van der Waals surface area contributed by atoms with E-state index in [1.807, 2.05) is 17.0 Å². The summed E-state index contributed by atoms with van der Waals surface area (Å²) < 4.78 is 8.47. The number of benzene rings is 1. The van der Waals surface area contributed by atoms with Crippen molar-refractivity contribution in [3.8, 4) is 5.75 Å². The number of nitrogens with zero attached hydrogens (tertiary/aromatic N) is 4. The third-order valence-electron chi connectivity index (χ3n) is 7.07. The minimum Gasteiger partial charge on any atom is -0.490 e. The lowest BCUT2D eigenvalue weighted by molar-refractivity contribution is -0.130. The first-order valence-electron chi connectivity index (χ1n) is 12.3. The van der Waals surface area contributed by atoms with Crippen molar-refractivity contribution in [1.82, 2.24) is 19.3 Å². The predicted octanol–water partition coefficient (Wildman–Crippen LogP) is 3.78. The maximum Gasteiger partial charge on any atom is 0.270 e. The van der Waals surface area contributed by atoms with Gasteiger partial charge in [0.2, 0.25) is 5.91 Å². The average molecular weight is 455 g/mol. The van der Waals surface area contributed by atoms with E-state index in [2.05, 4.69) is 49.3 Å². The second-order valence-corrected chi connectivity index (χ2v) is 9.96. The number of likely N-dealkylation sites (tertiary alicyclic amines) is 1. The van der Waals surface area contributed by atoms with E-state index in [9.17, 15) is 9.59 Å². The molecule has 0 N–H and O–H groups in total. The average Bonchev–Trinajstić information content (AvgIpc) is 3.18. The maximum absolute atomic E-state index is 13.4. The summed E-state index contributed by atoms with van der Waals surface area (Å²) in [5.74, 6) is 0.980. The lowest BCUT2D eigenvalue weighted by Crippen LogP contribution is -2.50. The molecule has 7 heteroatoms. The van der Waals surface area contributed by atoms with Gasteiger partial charge in [-0.3, -0.25) is 9.59 Å². The molecule has 0 saturated carbocycles. The fourth-order valence-electron chi connectivity index (χ4n) is 5.10. The Labute approximate surface area is 197 Å². The molecular weight excluding hydrogens is 416 g/mol. The molecule has 1 aromatic carbocycles. The highest BCUT2D eigenvalue weighted by Crippen LogP contribution is 2.30. The molecule has 2 amide bonds. The number of fused-ring (bicyclic) bond motifs is 1. The molecule has 0 aliphatic carbocycles. The molecule has 2 fully saturated rings. The van der Waals surface area contributed by atoms with E-state index in [1.54, 1.807) is 11.8 Å². The zero-order valence-corrected chi connectivity index (χ0v) is 20.7. The van der Waals surface area contributed by atoms with Crippen LogP contribution < -0.4 is 4.74 Å². The van der Waals surface area contributed by atoms with E-state index in [-0.39, 0.29) is 24.0 Å². The quantitative estimate of drug-likeness (QED) is 0.690. The van der Waals surface area contributed by atoms with Crippen LogP contribution in [0.1, 0.15) is 64.0 Å². The number of rotatable bonds is 5. The zero-order valence-electron chi connectivity index (χ0n) is 20.7. The number of carbonyl (C=O) groups excluding carboxylic acids is 2. The molecule has 4 rings (SSSR count). The van der Waals surface area contributed by atoms with Crippen LogP contribution in [0, 0.1) is 0 Å². The van der Waals surface area contributed by atoms with Gasteiger partial charge in [0.15, 0.2) is 0 Å². The Morgan fingerprint density at radius 2 is 1.52 bits per heavy atom. The minimum atomic E-state index is 0.0339. The van der Waals surface area contributed by atoms with E-state index in [1.165, 1.54) is 0 Å². The van der Waals surface area contributed by atoms with Gasteiger partial charge in [0.1, 0.15) is 17.5 Å². The first-order chi connectivity index (χ1) is 15.7. The van der Waals surface area contributed by atoms with E-state index in [4.69, 9.17) is 4.74 Å². The largest absolute Gasteiger partial charge is 0.490 e. The summed E-state index contributed by atoms with van der Waals surface area (Å²) in [5.41, 5.74) is 1.76. The molecule has 2 aliphatic rings. The molecule has 3 heterocycles. The van der Waals surface area contributed by atoms with Crippen molar-refractivity contribution < 1.29 is 14.3 Å². The van der Waals surface area contributed by atoms with Crippen LogP contribution in [0.25, 0.3) is 10.9 Å². The van der Waals surface area contributed by atoms with Gasteiger partial charge < -0.3 is 24.0 Å². The molecular formula is C26H38N4O3. The second-order valence-electron chi connectivity index (χ2n) is 9.96. The normalized spacial score (nSPS) is 18.5. The predicted molar refractivity (Wildman–Crippen MR) is 131 cm³/mol. The van der Waals surface area contributed by atoms with Gasteiger partial charge in [0.25, 0.3) is 5.91 Å². The maximum atomic E-state index is 13.4. The molecule has 33 heavy (non-hydrogen) atoms. The number of hydrogen-bond acceptors (Lipinski definition) is 4. The summed E-state index contributed by atoms with van der Waals surface area (Å²) in [6, 6.07) is 8.94. The Morgan fingerprint density at radius 3 is 2.09 bits per heavy atom. The standard InChI is InChI=1S/C26H38N4O3/c1-18(2)27-10-8-22(9-11-27)33-23-6-7-24-21(16-23)17-25(30(24)19(3)4)26(32)29-14-12-28(13-15-29)20(5)31/h6-7,16-19,22H,8-15H2,1-5H3. The number of ether oxygens (including phenoxy) is 1. The highest BCUT2D eigenvalue weighted by molar-refractivity contribution is 5.99. The third kappa shape index (κ3) is 5.03. The van der Waals surface area contributed by atoms with Crippen LogP contribution in [0.3, 0.4) is 0 Å². The third-order valence-corrected chi connectivity index (χ3v) is 7.07. The Morgan fingerprint density at radius 1 is 0.879 bits per heavy atom. The summed E-state index contributed by atoms with van der Waals surface area (Å²) >= 11 is 0. The summed E-state index contributed by atoms with van der Waals surface area (Å²) in [4.78, 5) is 31.2. The number of aromatic nitrogens is 1. The smallest absolute Gasteiger partial charge is 0.270 e. The van der Waals surface area contributed by atoms with E-state index in [0.29, 0.717) is 37.9 Å². The van der Waals surface area contributed by atoms with Crippen molar-refractivity contribution >= 4 is 22.7 Å². The van der Waals surface area contributed by atoms with Crippen molar-refractivity contribution in [2.75, 3.05) is 39.3 Å². The summed E-state index contributed by atoms with van der Waals surface area (Å²) in [6.07, 6.45) is 2.32. The number of piperazine rings is 1. The Bertz CT molecular complexity index is 996. The monoisotopic (exact) mass is 454 g/mol. The van der Waals surface area contributed by atoms with Crippen molar-refractivity contribution in [3.05, 3.63) is 30.0 Å². The van der Waals surface area contributed by atoms with Crippen molar-refractivity contribution in [2.45, 2.75) is 65.6 Å². The lowest BCUT2D eigenvalue weighted by Gasteiger charge is -2.34. The second kappa shape index (κ2) is 9.75. The highest BCUT2D eigenvalue weighted by atomic mass is 16.5. The Balaban J connectivity index is 1.52. The van der Waals surface area contributed by atoms with Gasteiger partial charge in [0.05, 0.1) is 0 Å². The van der Waals surface area contributed by atoms with Gasteiger partial charge in [-0.1, -0.05) is 0 Å². The van der Waals surface area contributed by atoms with Crippen molar-refractivity contribution in [2.24, 2.45) is 0 Å². The van der Waals surface area contributed by atoms with E-state index >= 15 is 0 Å². The van der Waals surface area contributed by atoms with Crippen LogP contribution in [-0.2, 0) is 4.79 Å². The summed E-state index contributed by atoms with van der Waals surface area (Å²) in [7, 11) is 0. The van der Waals surface area contributed by atoms with Crippen molar-refractivity contribution in [1.29, 1.82) is 0 Å². The van der Waals surface area contributed by atoms with Crippen LogP contribution in [0.4, 0.5) is 0 Å².